The van der Waals surface area contributed by atoms with Crippen LogP contribution in [-0.2, 0) is 0 Å². The summed E-state index contributed by atoms with van der Waals surface area (Å²) in [6.45, 7) is 0. The average Bonchev–Trinajstić information content (AvgIpc) is 2.98. The number of rotatable bonds is 0. The smallest absolute Gasteiger partial charge is 0.187 e. The van der Waals surface area contributed by atoms with Crippen molar-refractivity contribution in [3.8, 4) is 0 Å². The van der Waals surface area contributed by atoms with E-state index in [1.165, 1.54) is 44.5 Å². The second-order valence-corrected chi connectivity index (χ2v) is 9.60. The summed E-state index contributed by atoms with van der Waals surface area (Å²) in [5.74, 6) is -0.199. The summed E-state index contributed by atoms with van der Waals surface area (Å²) in [5.41, 5.74) is 1.03. The molecule has 8 rings (SSSR count). The van der Waals surface area contributed by atoms with Crippen LogP contribution in [0, 0.1) is 0 Å². The molecule has 0 N–H and O–H groups in total. The van der Waals surface area contributed by atoms with E-state index in [1.807, 2.05) is 42.5 Å². The number of fused-ring (bicyclic) bond motifs is 10. The molecule has 0 fully saturated rings. The molecule has 0 aromatic heterocycles. The lowest BCUT2D eigenvalue weighted by Gasteiger charge is -2.13. The van der Waals surface area contributed by atoms with Gasteiger partial charge >= 0.3 is 0 Å². The molecule has 7 aromatic carbocycles. The summed E-state index contributed by atoms with van der Waals surface area (Å²) >= 11 is 0. The minimum absolute atomic E-state index is 0.0968. The van der Waals surface area contributed by atoms with Gasteiger partial charge in [0, 0.05) is 11.1 Å². The number of hydrogen-bond acceptors (Lipinski definition) is 2. The number of carbonyl (C=O) groups is 2. The van der Waals surface area contributed by atoms with E-state index >= 15 is 0 Å². The van der Waals surface area contributed by atoms with Crippen LogP contribution in [0.2, 0.25) is 0 Å². The van der Waals surface area contributed by atoms with Crippen LogP contribution >= 0.6 is 0 Å². The lowest BCUT2D eigenvalue weighted by molar-refractivity contribution is 0.0995. The van der Waals surface area contributed by atoms with E-state index in [1.54, 1.807) is 6.07 Å². The lowest BCUT2D eigenvalue weighted by Crippen LogP contribution is -2.11. The van der Waals surface area contributed by atoms with E-state index in [2.05, 4.69) is 72.8 Å². The molecule has 178 valence electrons. The molecular formula is C36H22O2. The van der Waals surface area contributed by atoms with Crippen LogP contribution in [0.4, 0.5) is 0 Å². The first-order valence-corrected chi connectivity index (χ1v) is 12.7. The van der Waals surface area contributed by atoms with Crippen LogP contribution in [-0.4, -0.2) is 11.6 Å². The maximum atomic E-state index is 12.1. The minimum Gasteiger partial charge on any atom is -0.289 e. The molecule has 2 nitrogen and oxygen atoms in total. The van der Waals surface area contributed by atoms with Gasteiger partial charge in [-0.15, -0.1) is 0 Å². The Balaban J connectivity index is 0.000000128. The van der Waals surface area contributed by atoms with Crippen molar-refractivity contribution in [2.75, 3.05) is 0 Å². The third kappa shape index (κ3) is 3.50. The first kappa shape index (κ1) is 22.1. The Hall–Kier alpha value is -5.08. The Morgan fingerprint density at radius 3 is 1.24 bits per heavy atom. The molecule has 38 heavy (non-hydrogen) atoms. The standard InChI is InChI=1S/C18H10O2.C18H12/c19-16-9-10-17(20)18-14-6-5-11-3-1-2-4-12(11)13(14)7-8-15(16)18;1-3-7-15-13(5-1)9-11-18-16-8-4-2-6-14(16)10-12-17(15)18/h1-10H;1-12H. The second kappa shape index (κ2) is 8.79. The molecule has 0 aliphatic heterocycles. The molecule has 0 saturated carbocycles. The Bertz CT molecular complexity index is 2040. The largest absolute Gasteiger partial charge is 0.289 e. The van der Waals surface area contributed by atoms with Gasteiger partial charge < -0.3 is 0 Å². The monoisotopic (exact) mass is 486 g/mol. The zero-order valence-electron chi connectivity index (χ0n) is 20.5. The Kier molecular flexibility index (Phi) is 5.12. The molecule has 0 saturated heterocycles. The highest BCUT2D eigenvalue weighted by Gasteiger charge is 2.21. The maximum Gasteiger partial charge on any atom is 0.187 e. The molecule has 0 bridgehead atoms. The fourth-order valence-corrected chi connectivity index (χ4v) is 5.65. The SMILES string of the molecule is O=C1C=CC(=O)c2c1ccc1c2ccc2ccccc21.c1ccc2c(c1)ccc1c3ccccc3ccc21. The molecule has 0 heterocycles. The molecule has 7 aromatic rings. The Morgan fingerprint density at radius 1 is 0.316 bits per heavy atom. The van der Waals surface area contributed by atoms with Gasteiger partial charge in [0.25, 0.3) is 0 Å². The van der Waals surface area contributed by atoms with E-state index in [4.69, 9.17) is 0 Å². The molecule has 2 heteroatoms. The van der Waals surface area contributed by atoms with E-state index < -0.39 is 0 Å². The minimum atomic E-state index is -0.102. The molecule has 0 spiro atoms. The third-order valence-electron chi connectivity index (χ3n) is 7.48. The van der Waals surface area contributed by atoms with Crippen molar-refractivity contribution in [3.05, 3.63) is 145 Å². The number of allylic oxidation sites excluding steroid dienone is 2. The molecular weight excluding hydrogens is 464 g/mol. The van der Waals surface area contributed by atoms with Gasteiger partial charge in [0.1, 0.15) is 0 Å². The van der Waals surface area contributed by atoms with Crippen molar-refractivity contribution in [2.24, 2.45) is 0 Å². The van der Waals surface area contributed by atoms with Crippen molar-refractivity contribution in [3.63, 3.8) is 0 Å². The van der Waals surface area contributed by atoms with Crippen LogP contribution in [0.25, 0.3) is 53.9 Å². The summed E-state index contributed by atoms with van der Waals surface area (Å²) in [6, 6.07) is 41.7. The normalized spacial score (nSPS) is 12.7. The fraction of sp³-hybridized carbons (Fsp3) is 0. The summed E-state index contributed by atoms with van der Waals surface area (Å²) in [4.78, 5) is 24.0. The van der Waals surface area contributed by atoms with E-state index in [0.717, 1.165) is 21.5 Å². The third-order valence-corrected chi connectivity index (χ3v) is 7.48. The van der Waals surface area contributed by atoms with Crippen LogP contribution in [0.3, 0.4) is 0 Å². The predicted octanol–water partition coefficient (Wildman–Crippen LogP) is 9.07. The van der Waals surface area contributed by atoms with Crippen molar-refractivity contribution >= 4 is 65.4 Å². The van der Waals surface area contributed by atoms with Crippen LogP contribution in [0.1, 0.15) is 20.7 Å². The van der Waals surface area contributed by atoms with Gasteiger partial charge in [-0.2, -0.15) is 0 Å². The lowest BCUT2D eigenvalue weighted by atomic mass is 9.88. The summed E-state index contributed by atoms with van der Waals surface area (Å²) in [7, 11) is 0. The molecule has 0 atom stereocenters. The van der Waals surface area contributed by atoms with Gasteiger partial charge in [-0.25, -0.2) is 0 Å². The van der Waals surface area contributed by atoms with Gasteiger partial charge in [-0.05, 0) is 72.1 Å². The average molecular weight is 487 g/mol. The molecule has 1 aliphatic rings. The van der Waals surface area contributed by atoms with E-state index in [-0.39, 0.29) is 11.6 Å². The first-order valence-electron chi connectivity index (χ1n) is 12.7. The highest BCUT2D eigenvalue weighted by molar-refractivity contribution is 6.28. The fourth-order valence-electron chi connectivity index (χ4n) is 5.65. The molecule has 0 radical (unpaired) electrons. The predicted molar refractivity (Wildman–Crippen MR) is 158 cm³/mol. The molecule has 0 amide bonds. The van der Waals surface area contributed by atoms with Crippen molar-refractivity contribution in [2.45, 2.75) is 0 Å². The van der Waals surface area contributed by atoms with Gasteiger partial charge in [-0.3, -0.25) is 9.59 Å². The van der Waals surface area contributed by atoms with Crippen LogP contribution in [0.15, 0.2) is 133 Å². The maximum absolute atomic E-state index is 12.1. The zero-order chi connectivity index (χ0) is 25.6. The quantitative estimate of drug-likeness (QED) is 0.200. The van der Waals surface area contributed by atoms with E-state index in [0.29, 0.717) is 11.1 Å². The summed E-state index contributed by atoms with van der Waals surface area (Å²) < 4.78 is 0. The molecule has 0 unspecified atom stereocenters. The first-order chi connectivity index (χ1) is 18.7. The Morgan fingerprint density at radius 2 is 0.711 bits per heavy atom. The van der Waals surface area contributed by atoms with Crippen molar-refractivity contribution < 1.29 is 9.59 Å². The van der Waals surface area contributed by atoms with Crippen LogP contribution in [0.5, 0.6) is 0 Å². The Labute approximate surface area is 219 Å². The second-order valence-electron chi connectivity index (χ2n) is 9.60. The molecule has 1 aliphatic carbocycles. The van der Waals surface area contributed by atoms with Crippen molar-refractivity contribution in [1.29, 1.82) is 0 Å². The van der Waals surface area contributed by atoms with Gasteiger partial charge in [0.15, 0.2) is 11.6 Å². The topological polar surface area (TPSA) is 34.1 Å². The number of ketones is 2. The summed E-state index contributed by atoms with van der Waals surface area (Å²) in [6.07, 6.45) is 2.71. The number of benzene rings is 7. The number of hydrogen-bond donors (Lipinski definition) is 0. The number of carbonyl (C=O) groups excluding carboxylic acids is 2. The van der Waals surface area contributed by atoms with Gasteiger partial charge in [0.05, 0.1) is 0 Å². The van der Waals surface area contributed by atoms with Gasteiger partial charge in [-0.1, -0.05) is 115 Å². The summed E-state index contributed by atoms with van der Waals surface area (Å²) in [5, 5.41) is 12.1. The van der Waals surface area contributed by atoms with E-state index in [9.17, 15) is 9.59 Å². The van der Waals surface area contributed by atoms with Crippen molar-refractivity contribution in [1.82, 2.24) is 0 Å². The zero-order valence-corrected chi connectivity index (χ0v) is 20.5. The highest BCUT2D eigenvalue weighted by Crippen LogP contribution is 2.32. The van der Waals surface area contributed by atoms with Gasteiger partial charge in [0.2, 0.25) is 0 Å². The highest BCUT2D eigenvalue weighted by atomic mass is 16.1. The van der Waals surface area contributed by atoms with Crippen LogP contribution < -0.4 is 0 Å².